The second-order valence-corrected chi connectivity index (χ2v) is 11.0. The molecule has 1 N–H and O–H groups in total. The Morgan fingerprint density at radius 1 is 1.13 bits per heavy atom. The van der Waals surface area contributed by atoms with E-state index < -0.39 is 27.3 Å². The highest BCUT2D eigenvalue weighted by Crippen LogP contribution is 2.29. The molecule has 9 nitrogen and oxygen atoms in total. The average Bonchev–Trinajstić information content (AvgIpc) is 3.20. The first-order valence-electron chi connectivity index (χ1n) is 10.5. The summed E-state index contributed by atoms with van der Waals surface area (Å²) >= 11 is 0. The first kappa shape index (κ1) is 21.8. The largest absolute Gasteiger partial charge is 0.339 e. The van der Waals surface area contributed by atoms with Gasteiger partial charge in [-0.1, -0.05) is 29.8 Å². The molecule has 3 saturated heterocycles. The third-order valence-electron chi connectivity index (χ3n) is 6.59. The number of sulfone groups is 1. The van der Waals surface area contributed by atoms with Crippen LogP contribution in [0.4, 0.5) is 4.79 Å². The Bertz CT molecular complexity index is 1000. The van der Waals surface area contributed by atoms with Gasteiger partial charge in [-0.15, -0.1) is 0 Å². The number of carbonyl (C=O) groups is 3. The van der Waals surface area contributed by atoms with E-state index in [2.05, 4.69) is 10.2 Å². The van der Waals surface area contributed by atoms with Gasteiger partial charge in [0.05, 0.1) is 11.5 Å². The molecule has 4 rings (SSSR count). The smallest absolute Gasteiger partial charge is 0.325 e. The quantitative estimate of drug-likeness (QED) is 0.655. The van der Waals surface area contributed by atoms with Gasteiger partial charge in [0.1, 0.15) is 12.1 Å². The van der Waals surface area contributed by atoms with Crippen LogP contribution in [0.15, 0.2) is 24.3 Å². The molecule has 0 aromatic heterocycles. The van der Waals surface area contributed by atoms with Crippen LogP contribution < -0.4 is 5.32 Å². The second-order valence-electron chi connectivity index (χ2n) is 8.79. The van der Waals surface area contributed by atoms with Gasteiger partial charge in [-0.2, -0.15) is 0 Å². The van der Waals surface area contributed by atoms with Gasteiger partial charge in [-0.05, 0) is 25.8 Å². The van der Waals surface area contributed by atoms with Gasteiger partial charge in [0.15, 0.2) is 9.84 Å². The standard InChI is InChI=1S/C21H28N4O5S/c1-15-3-5-16(6-4-15)21(2)19(27)25(20(28)22-21)13-18(26)24-10-8-23(9-11-24)17-7-12-31(29,30)14-17/h3-6,17H,7-14H2,1-2H3,(H,22,28). The van der Waals surface area contributed by atoms with Crippen LogP contribution in [0, 0.1) is 6.92 Å². The Labute approximate surface area is 182 Å². The van der Waals surface area contributed by atoms with E-state index in [9.17, 15) is 22.8 Å². The molecule has 4 amide bonds. The number of rotatable bonds is 4. The lowest BCUT2D eigenvalue weighted by molar-refractivity contribution is -0.140. The van der Waals surface area contributed by atoms with Crippen molar-refractivity contribution in [3.05, 3.63) is 35.4 Å². The van der Waals surface area contributed by atoms with Gasteiger partial charge < -0.3 is 10.2 Å². The summed E-state index contributed by atoms with van der Waals surface area (Å²) in [6.07, 6.45) is 0.635. The normalized spacial score (nSPS) is 28.8. The molecule has 31 heavy (non-hydrogen) atoms. The molecule has 2 unspecified atom stereocenters. The molecule has 0 spiro atoms. The second kappa shape index (κ2) is 7.90. The SMILES string of the molecule is Cc1ccc(C2(C)NC(=O)N(CC(=O)N3CCN(C4CCS(=O)(=O)C4)CC3)C2=O)cc1. The summed E-state index contributed by atoms with van der Waals surface area (Å²) in [5.74, 6) is -0.316. The molecule has 3 aliphatic rings. The van der Waals surface area contributed by atoms with Crippen LogP contribution in [-0.2, 0) is 25.0 Å². The highest BCUT2D eigenvalue weighted by Gasteiger charge is 2.49. The van der Waals surface area contributed by atoms with Crippen LogP contribution in [0.5, 0.6) is 0 Å². The minimum atomic E-state index is -2.95. The molecule has 10 heteroatoms. The molecule has 0 radical (unpaired) electrons. The number of hydrogen-bond donors (Lipinski definition) is 1. The molecule has 3 aliphatic heterocycles. The lowest BCUT2D eigenvalue weighted by atomic mass is 9.91. The number of aryl methyl sites for hydroxylation is 1. The first-order valence-corrected chi connectivity index (χ1v) is 12.3. The summed E-state index contributed by atoms with van der Waals surface area (Å²) in [6, 6.07) is 6.81. The van der Waals surface area contributed by atoms with Crippen LogP contribution >= 0.6 is 0 Å². The van der Waals surface area contributed by atoms with Gasteiger partial charge in [-0.25, -0.2) is 13.2 Å². The topological polar surface area (TPSA) is 107 Å². The lowest BCUT2D eigenvalue weighted by Gasteiger charge is -2.38. The van der Waals surface area contributed by atoms with E-state index in [0.717, 1.165) is 10.5 Å². The maximum atomic E-state index is 13.0. The Morgan fingerprint density at radius 3 is 2.35 bits per heavy atom. The highest BCUT2D eigenvalue weighted by molar-refractivity contribution is 7.91. The summed E-state index contributed by atoms with van der Waals surface area (Å²) < 4.78 is 23.4. The van der Waals surface area contributed by atoms with Crippen LogP contribution in [-0.4, -0.2) is 91.2 Å². The molecule has 1 aromatic rings. The molecule has 0 bridgehead atoms. The molecule has 1 aromatic carbocycles. The number of carbonyl (C=O) groups excluding carboxylic acids is 3. The fourth-order valence-corrected chi connectivity index (χ4v) is 6.32. The van der Waals surface area contributed by atoms with E-state index in [-0.39, 0.29) is 30.0 Å². The van der Waals surface area contributed by atoms with Crippen molar-refractivity contribution in [2.75, 3.05) is 44.2 Å². The Kier molecular flexibility index (Phi) is 5.55. The van der Waals surface area contributed by atoms with Gasteiger partial charge in [0.25, 0.3) is 5.91 Å². The minimum Gasteiger partial charge on any atom is -0.339 e. The summed E-state index contributed by atoms with van der Waals surface area (Å²) in [7, 11) is -2.95. The van der Waals surface area contributed by atoms with Crippen LogP contribution in [0.1, 0.15) is 24.5 Å². The number of imide groups is 1. The molecule has 3 fully saturated rings. The van der Waals surface area contributed by atoms with Crippen molar-refractivity contribution in [2.24, 2.45) is 0 Å². The van der Waals surface area contributed by atoms with E-state index in [1.165, 1.54) is 0 Å². The van der Waals surface area contributed by atoms with Crippen molar-refractivity contribution < 1.29 is 22.8 Å². The first-order chi connectivity index (χ1) is 14.6. The Morgan fingerprint density at radius 2 is 1.77 bits per heavy atom. The summed E-state index contributed by atoms with van der Waals surface area (Å²) in [5.41, 5.74) is 0.523. The zero-order valence-electron chi connectivity index (χ0n) is 17.8. The number of nitrogens with one attached hydrogen (secondary N) is 1. The predicted molar refractivity (Wildman–Crippen MR) is 114 cm³/mol. The maximum absolute atomic E-state index is 13.0. The summed E-state index contributed by atoms with van der Waals surface area (Å²) in [5, 5.41) is 2.73. The fraction of sp³-hybridized carbons (Fsp3) is 0.571. The zero-order chi connectivity index (χ0) is 22.4. The minimum absolute atomic E-state index is 0.0170. The molecule has 3 heterocycles. The predicted octanol–water partition coefficient (Wildman–Crippen LogP) is 0.0933. The van der Waals surface area contributed by atoms with E-state index in [4.69, 9.17) is 0 Å². The van der Waals surface area contributed by atoms with Crippen LogP contribution in [0.3, 0.4) is 0 Å². The van der Waals surface area contributed by atoms with Crippen LogP contribution in [0.2, 0.25) is 0 Å². The highest BCUT2D eigenvalue weighted by atomic mass is 32.2. The third-order valence-corrected chi connectivity index (χ3v) is 8.34. The van der Waals surface area contributed by atoms with Crippen molar-refractivity contribution in [2.45, 2.75) is 31.8 Å². The number of nitrogens with zero attached hydrogens (tertiary/aromatic N) is 3. The number of hydrogen-bond acceptors (Lipinski definition) is 6. The molecule has 0 aliphatic carbocycles. The van der Waals surface area contributed by atoms with Gasteiger partial charge in [0.2, 0.25) is 5.91 Å². The molecule has 2 atom stereocenters. The van der Waals surface area contributed by atoms with E-state index >= 15 is 0 Å². The number of amides is 4. The summed E-state index contributed by atoms with van der Waals surface area (Å²) in [4.78, 5) is 43.1. The van der Waals surface area contributed by atoms with Gasteiger partial charge in [0, 0.05) is 32.2 Å². The molecule has 168 valence electrons. The van der Waals surface area contributed by atoms with E-state index in [1.807, 2.05) is 19.1 Å². The average molecular weight is 449 g/mol. The summed E-state index contributed by atoms with van der Waals surface area (Å²) in [6.45, 7) is 5.38. The van der Waals surface area contributed by atoms with Crippen molar-refractivity contribution in [3.8, 4) is 0 Å². The van der Waals surface area contributed by atoms with Crippen LogP contribution in [0.25, 0.3) is 0 Å². The lowest BCUT2D eigenvalue weighted by Crippen LogP contribution is -2.54. The van der Waals surface area contributed by atoms with Crippen molar-refractivity contribution in [1.29, 1.82) is 0 Å². The molecular formula is C21H28N4O5S. The van der Waals surface area contributed by atoms with Gasteiger partial charge in [-0.3, -0.25) is 19.4 Å². The monoisotopic (exact) mass is 448 g/mol. The van der Waals surface area contributed by atoms with E-state index in [1.54, 1.807) is 24.0 Å². The number of urea groups is 1. The van der Waals surface area contributed by atoms with Crippen molar-refractivity contribution >= 4 is 27.7 Å². The third kappa shape index (κ3) is 4.18. The van der Waals surface area contributed by atoms with Crippen molar-refractivity contribution in [3.63, 3.8) is 0 Å². The Hall–Kier alpha value is -2.46. The zero-order valence-corrected chi connectivity index (χ0v) is 18.7. The number of piperazine rings is 1. The van der Waals surface area contributed by atoms with E-state index in [0.29, 0.717) is 38.2 Å². The molecular weight excluding hydrogens is 420 g/mol. The fourth-order valence-electron chi connectivity index (χ4n) is 4.56. The molecule has 0 saturated carbocycles. The van der Waals surface area contributed by atoms with Gasteiger partial charge >= 0.3 is 6.03 Å². The number of benzene rings is 1. The maximum Gasteiger partial charge on any atom is 0.325 e. The van der Waals surface area contributed by atoms with Crippen molar-refractivity contribution in [1.82, 2.24) is 20.0 Å². The Balaban J connectivity index is 1.36.